The topological polar surface area (TPSA) is 54.5 Å². The third-order valence-electron chi connectivity index (χ3n) is 3.15. The van der Waals surface area contributed by atoms with Gasteiger partial charge in [-0.25, -0.2) is 9.98 Å². The molecule has 0 unspecified atom stereocenters. The highest BCUT2D eigenvalue weighted by molar-refractivity contribution is 14.0. The van der Waals surface area contributed by atoms with E-state index in [0.717, 1.165) is 42.6 Å². The van der Waals surface area contributed by atoms with Gasteiger partial charge in [0.2, 0.25) is 0 Å². The maximum absolute atomic E-state index is 12.4. The second kappa shape index (κ2) is 8.16. The molecule has 2 heterocycles. The molecule has 0 amide bonds. The number of aromatic nitrogens is 1. The highest BCUT2D eigenvalue weighted by atomic mass is 127. The van der Waals surface area contributed by atoms with Gasteiger partial charge in [-0.05, 0) is 12.8 Å². The van der Waals surface area contributed by atoms with Crippen LogP contribution in [0.25, 0.3) is 0 Å². The summed E-state index contributed by atoms with van der Waals surface area (Å²) in [5, 5.41) is 1.34. The molecule has 0 radical (unpaired) electrons. The van der Waals surface area contributed by atoms with Crippen LogP contribution in [0.5, 0.6) is 0 Å². The first-order valence-corrected chi connectivity index (χ1v) is 7.41. The predicted molar refractivity (Wildman–Crippen MR) is 87.9 cm³/mol. The van der Waals surface area contributed by atoms with Gasteiger partial charge in [-0.1, -0.05) is 12.8 Å². The van der Waals surface area contributed by atoms with Gasteiger partial charge in [-0.15, -0.1) is 35.3 Å². The Bertz CT molecular complexity index is 467. The number of nitrogens with two attached hydrogens (primary N) is 1. The van der Waals surface area contributed by atoms with Crippen LogP contribution in [0.4, 0.5) is 13.2 Å². The van der Waals surface area contributed by atoms with Crippen molar-refractivity contribution in [2.75, 3.05) is 13.1 Å². The molecule has 0 aromatic carbocycles. The average Bonchev–Trinajstić information content (AvgIpc) is 2.70. The van der Waals surface area contributed by atoms with Gasteiger partial charge in [0.15, 0.2) is 11.7 Å². The van der Waals surface area contributed by atoms with Crippen LogP contribution in [0.3, 0.4) is 0 Å². The number of alkyl halides is 3. The lowest BCUT2D eigenvalue weighted by molar-refractivity contribution is -0.140. The van der Waals surface area contributed by atoms with E-state index in [9.17, 15) is 13.2 Å². The smallest absolute Gasteiger partial charge is 0.370 e. The lowest BCUT2D eigenvalue weighted by atomic mass is 10.2. The van der Waals surface area contributed by atoms with Crippen LogP contribution in [-0.4, -0.2) is 28.9 Å². The number of nitrogens with zero attached hydrogens (tertiary/aromatic N) is 3. The Balaban J connectivity index is 0.00000220. The molecule has 120 valence electrons. The van der Waals surface area contributed by atoms with E-state index in [1.54, 1.807) is 0 Å². The monoisotopic (exact) mass is 434 g/mol. The molecule has 1 aromatic heterocycles. The first-order chi connectivity index (χ1) is 9.47. The molecule has 1 saturated heterocycles. The number of hydrogen-bond acceptors (Lipinski definition) is 3. The van der Waals surface area contributed by atoms with Crippen molar-refractivity contribution in [3.05, 3.63) is 16.1 Å². The summed E-state index contributed by atoms with van der Waals surface area (Å²) < 4.78 is 37.2. The first-order valence-electron chi connectivity index (χ1n) is 6.53. The minimum absolute atomic E-state index is 0. The maximum Gasteiger partial charge on any atom is 0.434 e. The summed E-state index contributed by atoms with van der Waals surface area (Å²) in [6.07, 6.45) is 0.128. The van der Waals surface area contributed by atoms with E-state index in [1.807, 2.05) is 4.90 Å². The van der Waals surface area contributed by atoms with Gasteiger partial charge in [0.25, 0.3) is 0 Å². The number of halogens is 4. The standard InChI is InChI=1S/C12H17F3N4S.HI/c13-12(14,15)9-8-20-10(18-9)7-17-11(16)19-5-3-1-2-4-6-19;/h8H,1-7H2,(H2,16,17);1H. The third kappa shape index (κ3) is 5.61. The van der Waals surface area contributed by atoms with Crippen LogP contribution >= 0.6 is 35.3 Å². The van der Waals surface area contributed by atoms with Crippen molar-refractivity contribution in [1.82, 2.24) is 9.88 Å². The molecule has 1 aliphatic heterocycles. The van der Waals surface area contributed by atoms with Crippen LogP contribution in [-0.2, 0) is 12.7 Å². The zero-order valence-electron chi connectivity index (χ0n) is 11.4. The molecule has 0 saturated carbocycles. The molecular weight excluding hydrogens is 416 g/mol. The second-order valence-electron chi connectivity index (χ2n) is 4.70. The largest absolute Gasteiger partial charge is 0.434 e. The Labute approximate surface area is 142 Å². The van der Waals surface area contributed by atoms with Crippen LogP contribution < -0.4 is 5.73 Å². The number of rotatable bonds is 2. The maximum atomic E-state index is 12.4. The van der Waals surface area contributed by atoms with Crippen molar-refractivity contribution in [3.63, 3.8) is 0 Å². The van der Waals surface area contributed by atoms with Crippen molar-refractivity contribution >= 4 is 41.3 Å². The number of guanidine groups is 1. The van der Waals surface area contributed by atoms with Crippen LogP contribution in [0.1, 0.15) is 36.4 Å². The number of thiazole rings is 1. The fourth-order valence-electron chi connectivity index (χ4n) is 2.06. The van der Waals surface area contributed by atoms with Gasteiger partial charge in [0.05, 0.1) is 6.54 Å². The van der Waals surface area contributed by atoms with E-state index in [2.05, 4.69) is 9.98 Å². The van der Waals surface area contributed by atoms with Gasteiger partial charge in [0.1, 0.15) is 5.01 Å². The Hall–Kier alpha value is -0.580. The zero-order valence-corrected chi connectivity index (χ0v) is 14.5. The molecule has 9 heteroatoms. The van der Waals surface area contributed by atoms with Gasteiger partial charge < -0.3 is 10.6 Å². The van der Waals surface area contributed by atoms with Gasteiger partial charge in [-0.2, -0.15) is 13.2 Å². The van der Waals surface area contributed by atoms with E-state index in [4.69, 9.17) is 5.73 Å². The molecule has 21 heavy (non-hydrogen) atoms. The molecule has 2 N–H and O–H groups in total. The highest BCUT2D eigenvalue weighted by Gasteiger charge is 2.33. The third-order valence-corrected chi connectivity index (χ3v) is 3.98. The quantitative estimate of drug-likeness (QED) is 0.441. The van der Waals surface area contributed by atoms with E-state index < -0.39 is 11.9 Å². The van der Waals surface area contributed by atoms with Crippen molar-refractivity contribution in [2.24, 2.45) is 10.7 Å². The Morgan fingerprint density at radius 1 is 1.29 bits per heavy atom. The van der Waals surface area contributed by atoms with Gasteiger partial charge >= 0.3 is 6.18 Å². The lowest BCUT2D eigenvalue weighted by Crippen LogP contribution is -2.38. The summed E-state index contributed by atoms with van der Waals surface area (Å²) in [6.45, 7) is 1.82. The van der Waals surface area contributed by atoms with E-state index in [0.29, 0.717) is 11.0 Å². The summed E-state index contributed by atoms with van der Waals surface area (Å²) in [5.41, 5.74) is 5.03. The molecule has 1 aliphatic rings. The van der Waals surface area contributed by atoms with Crippen molar-refractivity contribution in [1.29, 1.82) is 0 Å². The fourth-order valence-corrected chi connectivity index (χ4v) is 2.79. The average molecular weight is 434 g/mol. The van der Waals surface area contributed by atoms with E-state index in [1.165, 1.54) is 12.8 Å². The Kier molecular flexibility index (Phi) is 7.17. The van der Waals surface area contributed by atoms with Crippen LogP contribution in [0.2, 0.25) is 0 Å². The summed E-state index contributed by atoms with van der Waals surface area (Å²) >= 11 is 0.957. The van der Waals surface area contributed by atoms with E-state index in [-0.39, 0.29) is 30.5 Å². The molecule has 0 aliphatic carbocycles. The summed E-state index contributed by atoms with van der Waals surface area (Å²) in [4.78, 5) is 9.68. The fraction of sp³-hybridized carbons (Fsp3) is 0.667. The molecule has 4 nitrogen and oxygen atoms in total. The second-order valence-corrected chi connectivity index (χ2v) is 5.64. The van der Waals surface area contributed by atoms with Gasteiger partial charge in [-0.3, -0.25) is 0 Å². The summed E-state index contributed by atoms with van der Waals surface area (Å²) in [7, 11) is 0. The molecule has 0 spiro atoms. The molecule has 0 atom stereocenters. The van der Waals surface area contributed by atoms with Crippen molar-refractivity contribution < 1.29 is 13.2 Å². The number of aliphatic imine (C=N–C) groups is 1. The molecular formula is C12H18F3IN4S. The minimum Gasteiger partial charge on any atom is -0.370 e. The molecule has 2 rings (SSSR count). The van der Waals surface area contributed by atoms with Crippen LogP contribution in [0.15, 0.2) is 10.4 Å². The SMILES string of the molecule is I.NC(=NCc1nc(C(F)(F)F)cs1)N1CCCCCC1. The zero-order chi connectivity index (χ0) is 14.6. The number of hydrogen-bond donors (Lipinski definition) is 1. The molecule has 0 bridgehead atoms. The summed E-state index contributed by atoms with van der Waals surface area (Å²) in [5.74, 6) is 0.399. The van der Waals surface area contributed by atoms with Gasteiger partial charge in [0, 0.05) is 18.5 Å². The summed E-state index contributed by atoms with van der Waals surface area (Å²) in [6, 6.07) is 0. The van der Waals surface area contributed by atoms with Crippen molar-refractivity contribution in [2.45, 2.75) is 38.4 Å². The first kappa shape index (κ1) is 18.5. The molecule has 1 aromatic rings. The van der Waals surface area contributed by atoms with E-state index >= 15 is 0 Å². The number of likely N-dealkylation sites (tertiary alicyclic amines) is 1. The van der Waals surface area contributed by atoms with Crippen molar-refractivity contribution in [3.8, 4) is 0 Å². The molecule has 1 fully saturated rings. The Morgan fingerprint density at radius 3 is 2.43 bits per heavy atom. The minimum atomic E-state index is -4.39. The van der Waals surface area contributed by atoms with Crippen LogP contribution in [0, 0.1) is 0 Å². The highest BCUT2D eigenvalue weighted by Crippen LogP contribution is 2.30. The normalized spacial score (nSPS) is 17.3. The lowest BCUT2D eigenvalue weighted by Gasteiger charge is -2.20. The Morgan fingerprint density at radius 2 is 1.90 bits per heavy atom. The predicted octanol–water partition coefficient (Wildman–Crippen LogP) is 3.47.